The summed E-state index contributed by atoms with van der Waals surface area (Å²) >= 11 is 0. The highest BCUT2D eigenvalue weighted by Crippen LogP contribution is 2.45. The second-order valence-corrected chi connectivity index (χ2v) is 6.58. The van der Waals surface area contributed by atoms with Crippen molar-refractivity contribution in [3.63, 3.8) is 0 Å². The van der Waals surface area contributed by atoms with Crippen LogP contribution >= 0.6 is 0 Å². The van der Waals surface area contributed by atoms with Crippen LogP contribution in [0.25, 0.3) is 0 Å². The minimum atomic E-state index is 0.225. The summed E-state index contributed by atoms with van der Waals surface area (Å²) in [7, 11) is 0. The Morgan fingerprint density at radius 1 is 1.47 bits per heavy atom. The predicted molar refractivity (Wildman–Crippen MR) is 71.2 cm³/mol. The Morgan fingerprint density at radius 3 is 2.82 bits per heavy atom. The standard InChI is InChI=1S/C14H26N2O/c1-10-7-12-9-16(5-6-17)11(2)15-13(12)14(3,4)8-10/h10,12-13,17H,5-9H2,1-4H3. The number of nitrogens with zero attached hydrogens (tertiary/aromatic N) is 2. The molecule has 1 heterocycles. The zero-order valence-corrected chi connectivity index (χ0v) is 11.6. The van der Waals surface area contributed by atoms with Crippen LogP contribution in [-0.2, 0) is 0 Å². The largest absolute Gasteiger partial charge is 0.395 e. The molecule has 3 unspecified atom stereocenters. The van der Waals surface area contributed by atoms with Crippen molar-refractivity contribution in [3.8, 4) is 0 Å². The molecule has 0 aromatic rings. The van der Waals surface area contributed by atoms with Crippen molar-refractivity contribution < 1.29 is 5.11 Å². The molecule has 3 atom stereocenters. The molecule has 2 aliphatic rings. The lowest BCUT2D eigenvalue weighted by Crippen LogP contribution is -2.52. The summed E-state index contributed by atoms with van der Waals surface area (Å²) in [6.45, 7) is 11.2. The van der Waals surface area contributed by atoms with Crippen molar-refractivity contribution in [2.45, 2.75) is 46.6 Å². The van der Waals surface area contributed by atoms with E-state index in [4.69, 9.17) is 10.1 Å². The molecule has 0 bridgehead atoms. The van der Waals surface area contributed by atoms with Gasteiger partial charge in [0.05, 0.1) is 18.5 Å². The highest BCUT2D eigenvalue weighted by atomic mass is 16.3. The van der Waals surface area contributed by atoms with Crippen molar-refractivity contribution in [1.29, 1.82) is 0 Å². The fourth-order valence-electron chi connectivity index (χ4n) is 3.91. The average molecular weight is 238 g/mol. The molecule has 0 amide bonds. The number of amidine groups is 1. The molecule has 1 saturated carbocycles. The summed E-state index contributed by atoms with van der Waals surface area (Å²) in [5, 5.41) is 9.09. The Balaban J connectivity index is 2.20. The Bertz CT molecular complexity index is 311. The molecule has 17 heavy (non-hydrogen) atoms. The second kappa shape index (κ2) is 4.60. The maximum absolute atomic E-state index is 9.09. The van der Waals surface area contributed by atoms with Gasteiger partial charge in [-0.1, -0.05) is 20.8 Å². The Labute approximate surface area is 105 Å². The first-order valence-electron chi connectivity index (χ1n) is 6.84. The third-order valence-electron chi connectivity index (χ3n) is 4.44. The second-order valence-electron chi connectivity index (χ2n) is 6.58. The van der Waals surface area contributed by atoms with E-state index in [1.165, 1.54) is 12.8 Å². The minimum Gasteiger partial charge on any atom is -0.395 e. The average Bonchev–Trinajstić information content (AvgIpc) is 2.20. The van der Waals surface area contributed by atoms with Gasteiger partial charge in [0.15, 0.2) is 0 Å². The molecule has 3 heteroatoms. The molecule has 1 aliphatic carbocycles. The summed E-state index contributed by atoms with van der Waals surface area (Å²) in [4.78, 5) is 7.17. The van der Waals surface area contributed by atoms with Crippen LogP contribution in [0.5, 0.6) is 0 Å². The maximum Gasteiger partial charge on any atom is 0.0962 e. The first-order chi connectivity index (χ1) is 7.94. The number of aliphatic hydroxyl groups excluding tert-OH is 1. The minimum absolute atomic E-state index is 0.225. The van der Waals surface area contributed by atoms with Gasteiger partial charge in [0, 0.05) is 13.1 Å². The van der Waals surface area contributed by atoms with E-state index in [9.17, 15) is 0 Å². The molecule has 0 saturated heterocycles. The van der Waals surface area contributed by atoms with E-state index in [0.29, 0.717) is 17.4 Å². The predicted octanol–water partition coefficient (Wildman–Crippen LogP) is 2.15. The molecule has 1 fully saturated rings. The zero-order chi connectivity index (χ0) is 12.6. The van der Waals surface area contributed by atoms with Gasteiger partial charge in [-0.05, 0) is 37.0 Å². The van der Waals surface area contributed by atoms with Crippen LogP contribution in [-0.4, -0.2) is 41.6 Å². The maximum atomic E-state index is 9.09. The highest BCUT2D eigenvalue weighted by Gasteiger charge is 2.44. The van der Waals surface area contributed by atoms with Crippen molar-refractivity contribution in [3.05, 3.63) is 0 Å². The lowest BCUT2D eigenvalue weighted by molar-refractivity contribution is 0.0712. The summed E-state index contributed by atoms with van der Waals surface area (Å²) in [6, 6.07) is 0.480. The first-order valence-corrected chi connectivity index (χ1v) is 6.84. The third kappa shape index (κ3) is 2.49. The molecule has 0 radical (unpaired) electrons. The van der Waals surface area contributed by atoms with Crippen LogP contribution < -0.4 is 0 Å². The lowest BCUT2D eigenvalue weighted by atomic mass is 9.64. The summed E-state index contributed by atoms with van der Waals surface area (Å²) in [6.07, 6.45) is 2.57. The van der Waals surface area contributed by atoms with Crippen molar-refractivity contribution in [1.82, 2.24) is 4.90 Å². The number of β-amino-alcohol motifs (C(OH)–C–C–N with tert-alkyl or cyclic N) is 1. The summed E-state index contributed by atoms with van der Waals surface area (Å²) in [5.74, 6) is 2.59. The van der Waals surface area contributed by atoms with E-state index in [1.54, 1.807) is 0 Å². The van der Waals surface area contributed by atoms with Crippen LogP contribution in [0.1, 0.15) is 40.5 Å². The van der Waals surface area contributed by atoms with Gasteiger partial charge < -0.3 is 10.0 Å². The van der Waals surface area contributed by atoms with Gasteiger partial charge >= 0.3 is 0 Å². The molecule has 0 aromatic carbocycles. The van der Waals surface area contributed by atoms with Gasteiger partial charge in [-0.15, -0.1) is 0 Å². The Hall–Kier alpha value is -0.570. The van der Waals surface area contributed by atoms with Crippen molar-refractivity contribution in [2.75, 3.05) is 19.7 Å². The van der Waals surface area contributed by atoms with Gasteiger partial charge in [0.25, 0.3) is 0 Å². The normalized spacial score (nSPS) is 36.4. The van der Waals surface area contributed by atoms with Gasteiger partial charge in [0.1, 0.15) is 0 Å². The van der Waals surface area contributed by atoms with Crippen molar-refractivity contribution >= 4 is 5.84 Å². The van der Waals surface area contributed by atoms with Crippen LogP contribution in [0.2, 0.25) is 0 Å². The van der Waals surface area contributed by atoms with Crippen LogP contribution in [0.15, 0.2) is 4.99 Å². The molecule has 1 N–H and O–H groups in total. The smallest absolute Gasteiger partial charge is 0.0962 e. The topological polar surface area (TPSA) is 35.8 Å². The number of aliphatic hydroxyl groups is 1. The molecule has 2 rings (SSSR count). The quantitative estimate of drug-likeness (QED) is 0.800. The first kappa shape index (κ1) is 12.9. The number of hydrogen-bond acceptors (Lipinski definition) is 3. The Morgan fingerprint density at radius 2 is 2.18 bits per heavy atom. The highest BCUT2D eigenvalue weighted by molar-refractivity contribution is 5.80. The van der Waals surface area contributed by atoms with E-state index < -0.39 is 0 Å². The molecule has 98 valence electrons. The fraction of sp³-hybridized carbons (Fsp3) is 0.929. The molecule has 0 aromatic heterocycles. The van der Waals surface area contributed by atoms with E-state index in [2.05, 4.69) is 32.6 Å². The van der Waals surface area contributed by atoms with Gasteiger partial charge in [-0.3, -0.25) is 4.99 Å². The van der Waals surface area contributed by atoms with E-state index >= 15 is 0 Å². The van der Waals surface area contributed by atoms with E-state index in [0.717, 1.165) is 24.8 Å². The molecular formula is C14H26N2O. The Kier molecular flexibility index (Phi) is 3.48. The fourth-order valence-corrected chi connectivity index (χ4v) is 3.91. The zero-order valence-electron chi connectivity index (χ0n) is 11.6. The molecule has 1 aliphatic heterocycles. The van der Waals surface area contributed by atoms with Crippen molar-refractivity contribution in [2.24, 2.45) is 22.2 Å². The van der Waals surface area contributed by atoms with Crippen LogP contribution in [0.4, 0.5) is 0 Å². The number of fused-ring (bicyclic) bond motifs is 1. The summed E-state index contributed by atoms with van der Waals surface area (Å²) < 4.78 is 0. The monoisotopic (exact) mass is 238 g/mol. The van der Waals surface area contributed by atoms with E-state index in [-0.39, 0.29) is 6.61 Å². The number of rotatable bonds is 2. The van der Waals surface area contributed by atoms with Gasteiger partial charge in [0.2, 0.25) is 0 Å². The molecule has 3 nitrogen and oxygen atoms in total. The van der Waals surface area contributed by atoms with Gasteiger partial charge in [-0.25, -0.2) is 0 Å². The third-order valence-corrected chi connectivity index (χ3v) is 4.44. The lowest BCUT2D eigenvalue weighted by Gasteiger charge is -2.49. The van der Waals surface area contributed by atoms with E-state index in [1.807, 2.05) is 0 Å². The SMILES string of the molecule is CC1=NC2C(CC(C)CC2(C)C)CN1CCO. The van der Waals surface area contributed by atoms with Crippen LogP contribution in [0, 0.1) is 17.3 Å². The number of aliphatic imine (C=N–C) groups is 1. The molecule has 0 spiro atoms. The molecular weight excluding hydrogens is 212 g/mol. The number of hydrogen-bond donors (Lipinski definition) is 1. The van der Waals surface area contributed by atoms with Gasteiger partial charge in [-0.2, -0.15) is 0 Å². The summed E-state index contributed by atoms with van der Waals surface area (Å²) in [5.41, 5.74) is 0.328. The van der Waals surface area contributed by atoms with Crippen LogP contribution in [0.3, 0.4) is 0 Å².